The lowest BCUT2D eigenvalue weighted by Crippen LogP contribution is -2.31. The van der Waals surface area contributed by atoms with Gasteiger partial charge in [-0.1, -0.05) is 26.7 Å². The van der Waals surface area contributed by atoms with Crippen molar-refractivity contribution in [1.29, 1.82) is 0 Å². The first-order chi connectivity index (χ1) is 6.70. The number of aromatic nitrogens is 1. The molecule has 1 rings (SSSR count). The molecule has 0 atom stereocenters. The zero-order valence-corrected chi connectivity index (χ0v) is 9.81. The van der Waals surface area contributed by atoms with Crippen molar-refractivity contribution in [1.82, 2.24) is 4.98 Å². The van der Waals surface area contributed by atoms with Gasteiger partial charge >= 0.3 is 0 Å². The molecule has 3 heteroatoms. The van der Waals surface area contributed by atoms with Gasteiger partial charge in [0.15, 0.2) is 0 Å². The van der Waals surface area contributed by atoms with Crippen LogP contribution in [0.3, 0.4) is 0 Å². The Morgan fingerprint density at radius 3 is 2.43 bits per heavy atom. The maximum atomic E-state index is 10.3. The summed E-state index contributed by atoms with van der Waals surface area (Å²) in [5.74, 6) is 0. The molecule has 0 spiro atoms. The number of hydrogen-bond acceptors (Lipinski definition) is 3. The first-order valence-electron chi connectivity index (χ1n) is 5.31. The molecule has 1 N–H and O–H groups in total. The smallest absolute Gasteiger partial charge is 0.0953 e. The summed E-state index contributed by atoms with van der Waals surface area (Å²) < 4.78 is 0. The second-order valence-corrected chi connectivity index (χ2v) is 4.81. The minimum absolute atomic E-state index is 0.526. The van der Waals surface area contributed by atoms with E-state index in [9.17, 15) is 5.11 Å². The van der Waals surface area contributed by atoms with Crippen molar-refractivity contribution in [3.05, 3.63) is 16.6 Å². The average molecular weight is 213 g/mol. The summed E-state index contributed by atoms with van der Waals surface area (Å²) in [4.78, 5) is 4.22. The zero-order valence-electron chi connectivity index (χ0n) is 8.99. The van der Waals surface area contributed by atoms with E-state index in [2.05, 4.69) is 18.8 Å². The Kier molecular flexibility index (Phi) is 4.55. The van der Waals surface area contributed by atoms with E-state index in [-0.39, 0.29) is 0 Å². The Labute approximate surface area is 90.0 Å². The first kappa shape index (κ1) is 11.7. The van der Waals surface area contributed by atoms with Gasteiger partial charge in [-0.15, -0.1) is 11.3 Å². The van der Waals surface area contributed by atoms with Gasteiger partial charge in [0, 0.05) is 18.0 Å². The normalized spacial score (nSPS) is 11.9. The largest absolute Gasteiger partial charge is 0.389 e. The van der Waals surface area contributed by atoms with E-state index < -0.39 is 5.60 Å². The third-order valence-electron chi connectivity index (χ3n) is 2.39. The van der Waals surface area contributed by atoms with Gasteiger partial charge in [0.25, 0.3) is 0 Å². The van der Waals surface area contributed by atoms with Gasteiger partial charge in [0.2, 0.25) is 0 Å². The van der Waals surface area contributed by atoms with Crippen LogP contribution in [-0.4, -0.2) is 15.7 Å². The van der Waals surface area contributed by atoms with E-state index in [1.807, 2.05) is 5.38 Å². The molecule has 0 saturated carbocycles. The van der Waals surface area contributed by atoms with Gasteiger partial charge < -0.3 is 5.11 Å². The first-order valence-corrected chi connectivity index (χ1v) is 6.19. The van der Waals surface area contributed by atoms with Crippen molar-refractivity contribution in [2.45, 2.75) is 51.6 Å². The van der Waals surface area contributed by atoms with Gasteiger partial charge in [0.1, 0.15) is 0 Å². The van der Waals surface area contributed by atoms with Crippen molar-refractivity contribution in [2.24, 2.45) is 0 Å². The molecule has 0 saturated heterocycles. The molecular formula is C11H19NOS. The Morgan fingerprint density at radius 2 is 2.00 bits per heavy atom. The highest BCUT2D eigenvalue weighted by Crippen LogP contribution is 2.25. The molecule has 0 unspecified atom stereocenters. The summed E-state index contributed by atoms with van der Waals surface area (Å²) in [5, 5.41) is 13.4. The summed E-state index contributed by atoms with van der Waals surface area (Å²) in [7, 11) is 0. The van der Waals surface area contributed by atoms with Crippen molar-refractivity contribution in [3.63, 3.8) is 0 Å². The highest BCUT2D eigenvalue weighted by Gasteiger charge is 2.26. The van der Waals surface area contributed by atoms with Gasteiger partial charge in [-0.3, -0.25) is 0 Å². The van der Waals surface area contributed by atoms with Crippen molar-refractivity contribution >= 4 is 11.3 Å². The topological polar surface area (TPSA) is 33.1 Å². The molecule has 1 heterocycles. The lowest BCUT2D eigenvalue weighted by atomic mass is 9.90. The lowest BCUT2D eigenvalue weighted by molar-refractivity contribution is 0.0216. The number of thiazole rings is 1. The van der Waals surface area contributed by atoms with Crippen LogP contribution in [0.25, 0.3) is 0 Å². The van der Waals surface area contributed by atoms with Crippen molar-refractivity contribution in [3.8, 4) is 0 Å². The zero-order chi connectivity index (χ0) is 10.4. The van der Waals surface area contributed by atoms with Gasteiger partial charge in [-0.2, -0.15) is 0 Å². The van der Waals surface area contributed by atoms with Crippen LogP contribution >= 0.6 is 11.3 Å². The molecule has 0 fully saturated rings. The fourth-order valence-corrected chi connectivity index (χ4v) is 2.61. The molecule has 0 aromatic carbocycles. The molecule has 0 aliphatic heterocycles. The fraction of sp³-hybridized carbons (Fsp3) is 0.727. The number of rotatable bonds is 6. The van der Waals surface area contributed by atoms with E-state index in [1.54, 1.807) is 17.5 Å². The minimum atomic E-state index is -0.526. The van der Waals surface area contributed by atoms with E-state index >= 15 is 0 Å². The number of aliphatic hydroxyl groups is 1. The maximum Gasteiger partial charge on any atom is 0.0953 e. The third kappa shape index (κ3) is 3.39. The summed E-state index contributed by atoms with van der Waals surface area (Å²) in [6.07, 6.45) is 6.33. The Hall–Kier alpha value is -0.410. The van der Waals surface area contributed by atoms with Crippen LogP contribution in [0, 0.1) is 0 Å². The van der Waals surface area contributed by atoms with Crippen LogP contribution in [0.1, 0.15) is 44.5 Å². The molecule has 0 aliphatic rings. The monoisotopic (exact) mass is 213 g/mol. The second-order valence-electron chi connectivity index (χ2n) is 3.83. The number of nitrogens with zero attached hydrogens (tertiary/aromatic N) is 1. The van der Waals surface area contributed by atoms with Gasteiger partial charge in [0.05, 0.1) is 10.6 Å². The fourth-order valence-electron chi connectivity index (χ4n) is 1.85. The van der Waals surface area contributed by atoms with Crippen LogP contribution in [0.15, 0.2) is 11.6 Å². The van der Waals surface area contributed by atoms with E-state index in [0.717, 1.165) is 30.7 Å². The third-order valence-corrected chi connectivity index (χ3v) is 3.17. The van der Waals surface area contributed by atoms with Crippen LogP contribution in [0.2, 0.25) is 0 Å². The molecule has 2 nitrogen and oxygen atoms in total. The predicted octanol–water partition coefficient (Wildman–Crippen LogP) is 3.02. The van der Waals surface area contributed by atoms with E-state index in [4.69, 9.17) is 0 Å². The maximum absolute atomic E-state index is 10.3. The van der Waals surface area contributed by atoms with Crippen LogP contribution in [-0.2, 0) is 6.42 Å². The molecule has 1 aromatic heterocycles. The highest BCUT2D eigenvalue weighted by atomic mass is 32.1. The molecule has 0 radical (unpaired) electrons. The SMILES string of the molecule is CCCC(O)(CCC)Cc1nccs1. The van der Waals surface area contributed by atoms with Crippen LogP contribution in [0.4, 0.5) is 0 Å². The molecule has 0 aliphatic carbocycles. The van der Waals surface area contributed by atoms with E-state index in [1.165, 1.54) is 0 Å². The standard InChI is InChI=1S/C11H19NOS/c1-3-5-11(13,6-4-2)9-10-12-7-8-14-10/h7-8,13H,3-6,9H2,1-2H3. The quantitative estimate of drug-likeness (QED) is 0.788. The summed E-state index contributed by atoms with van der Waals surface area (Å²) in [5.41, 5.74) is -0.526. The molecule has 0 amide bonds. The molecular weight excluding hydrogens is 194 g/mol. The van der Waals surface area contributed by atoms with Gasteiger partial charge in [-0.05, 0) is 12.8 Å². The molecule has 0 bridgehead atoms. The van der Waals surface area contributed by atoms with Gasteiger partial charge in [-0.25, -0.2) is 4.98 Å². The molecule has 1 aromatic rings. The summed E-state index contributed by atoms with van der Waals surface area (Å²) in [6, 6.07) is 0. The Balaban J connectivity index is 2.58. The number of hydrogen-bond donors (Lipinski definition) is 1. The summed E-state index contributed by atoms with van der Waals surface area (Å²) >= 11 is 1.63. The van der Waals surface area contributed by atoms with Crippen LogP contribution < -0.4 is 0 Å². The molecule has 14 heavy (non-hydrogen) atoms. The second kappa shape index (κ2) is 5.47. The van der Waals surface area contributed by atoms with Crippen LogP contribution in [0.5, 0.6) is 0 Å². The van der Waals surface area contributed by atoms with Crippen molar-refractivity contribution in [2.75, 3.05) is 0 Å². The average Bonchev–Trinajstić information content (AvgIpc) is 2.57. The molecule has 80 valence electrons. The lowest BCUT2D eigenvalue weighted by Gasteiger charge is -2.26. The van der Waals surface area contributed by atoms with Crippen molar-refractivity contribution < 1.29 is 5.11 Å². The Bertz CT molecular complexity index is 240. The van der Waals surface area contributed by atoms with E-state index in [0.29, 0.717) is 6.42 Å². The predicted molar refractivity (Wildman–Crippen MR) is 60.6 cm³/mol. The minimum Gasteiger partial charge on any atom is -0.389 e. The summed E-state index contributed by atoms with van der Waals surface area (Å²) in [6.45, 7) is 4.23. The Morgan fingerprint density at radius 1 is 1.36 bits per heavy atom. The highest BCUT2D eigenvalue weighted by molar-refractivity contribution is 7.09.